The molecule has 0 aromatic carbocycles. The fourth-order valence-electron chi connectivity index (χ4n) is 2.91. The molecule has 1 atom stereocenters. The summed E-state index contributed by atoms with van der Waals surface area (Å²) in [4.78, 5) is 16.8. The van der Waals surface area contributed by atoms with E-state index >= 15 is 0 Å². The standard InChI is InChI=1S/C13H16N4O3S2/c1-16-3-2-9-10(5-14)13(21-11(9)7-16)17-6-8(4-12(17)18)22(15,19)20/h8H,2-4,6-7H2,1H3,(H2,15,19,20). The Labute approximate surface area is 133 Å². The van der Waals surface area contributed by atoms with Gasteiger partial charge in [0.15, 0.2) is 0 Å². The highest BCUT2D eigenvalue weighted by Gasteiger charge is 2.39. The Bertz CT molecular complexity index is 778. The second kappa shape index (κ2) is 5.31. The quantitative estimate of drug-likeness (QED) is 0.815. The second-order valence-corrected chi connectivity index (χ2v) is 8.63. The lowest BCUT2D eigenvalue weighted by atomic mass is 10.0. The van der Waals surface area contributed by atoms with Gasteiger partial charge in [-0.2, -0.15) is 5.26 Å². The number of anilines is 1. The Balaban J connectivity index is 2.00. The van der Waals surface area contributed by atoms with Crippen LogP contribution in [0.3, 0.4) is 0 Å². The molecule has 2 aliphatic heterocycles. The van der Waals surface area contributed by atoms with Gasteiger partial charge in [0.1, 0.15) is 16.3 Å². The van der Waals surface area contributed by atoms with Crippen LogP contribution < -0.4 is 10.0 Å². The number of nitriles is 1. The van der Waals surface area contributed by atoms with Crippen LogP contribution >= 0.6 is 11.3 Å². The smallest absolute Gasteiger partial charge is 0.229 e. The molecule has 0 aliphatic carbocycles. The molecule has 3 rings (SSSR count). The van der Waals surface area contributed by atoms with Crippen LogP contribution in [0.25, 0.3) is 0 Å². The molecular formula is C13H16N4O3S2. The van der Waals surface area contributed by atoms with E-state index in [0.717, 1.165) is 30.0 Å². The SMILES string of the molecule is CN1CCc2c(sc(N3CC(S(N)(=O)=O)CC3=O)c2C#N)C1. The molecule has 9 heteroatoms. The van der Waals surface area contributed by atoms with E-state index in [9.17, 15) is 18.5 Å². The number of sulfonamides is 1. The van der Waals surface area contributed by atoms with E-state index in [4.69, 9.17) is 5.14 Å². The number of rotatable bonds is 2. The maximum Gasteiger partial charge on any atom is 0.229 e. The van der Waals surface area contributed by atoms with Crippen molar-refractivity contribution in [3.8, 4) is 6.07 Å². The normalized spacial score (nSPS) is 22.7. The van der Waals surface area contributed by atoms with Gasteiger partial charge in [0.05, 0.1) is 5.56 Å². The number of nitrogens with two attached hydrogens (primary N) is 1. The summed E-state index contributed by atoms with van der Waals surface area (Å²) in [6, 6.07) is 2.19. The van der Waals surface area contributed by atoms with Crippen molar-refractivity contribution in [1.29, 1.82) is 5.26 Å². The lowest BCUT2D eigenvalue weighted by molar-refractivity contribution is -0.117. The van der Waals surface area contributed by atoms with Gasteiger partial charge in [0.2, 0.25) is 15.9 Å². The summed E-state index contributed by atoms with van der Waals surface area (Å²) in [5.41, 5.74) is 1.50. The van der Waals surface area contributed by atoms with Crippen LogP contribution in [0.5, 0.6) is 0 Å². The number of hydrogen-bond acceptors (Lipinski definition) is 6. The highest BCUT2D eigenvalue weighted by molar-refractivity contribution is 7.89. The average Bonchev–Trinajstić information content (AvgIpc) is 2.97. The number of carbonyl (C=O) groups excluding carboxylic acids is 1. The van der Waals surface area contributed by atoms with Crippen molar-refractivity contribution in [2.45, 2.75) is 24.6 Å². The number of primary sulfonamides is 1. The van der Waals surface area contributed by atoms with E-state index in [2.05, 4.69) is 11.0 Å². The van der Waals surface area contributed by atoms with E-state index in [1.165, 1.54) is 16.2 Å². The maximum absolute atomic E-state index is 12.2. The molecule has 118 valence electrons. The molecule has 1 saturated heterocycles. The number of likely N-dealkylation sites (N-methyl/N-ethyl adjacent to an activating group) is 1. The maximum atomic E-state index is 12.2. The van der Waals surface area contributed by atoms with Crippen molar-refractivity contribution in [2.24, 2.45) is 5.14 Å². The Morgan fingerprint density at radius 3 is 2.77 bits per heavy atom. The van der Waals surface area contributed by atoms with Gasteiger partial charge < -0.3 is 9.80 Å². The van der Waals surface area contributed by atoms with Crippen LogP contribution in [-0.4, -0.2) is 44.6 Å². The van der Waals surface area contributed by atoms with Crippen LogP contribution in [0.15, 0.2) is 0 Å². The molecule has 1 amide bonds. The van der Waals surface area contributed by atoms with E-state index in [-0.39, 0.29) is 18.9 Å². The number of hydrogen-bond donors (Lipinski definition) is 1. The molecular weight excluding hydrogens is 324 g/mol. The Hall–Kier alpha value is -1.47. The summed E-state index contributed by atoms with van der Waals surface area (Å²) >= 11 is 1.41. The molecule has 3 heterocycles. The van der Waals surface area contributed by atoms with Crippen LogP contribution in [0.4, 0.5) is 5.00 Å². The molecule has 0 saturated carbocycles. The number of carbonyl (C=O) groups is 1. The predicted molar refractivity (Wildman–Crippen MR) is 82.9 cm³/mol. The molecule has 1 aromatic heterocycles. The zero-order valence-corrected chi connectivity index (χ0v) is 13.7. The van der Waals surface area contributed by atoms with Gasteiger partial charge in [0, 0.05) is 30.9 Å². The summed E-state index contributed by atoms with van der Waals surface area (Å²) < 4.78 is 23.0. The first kappa shape index (κ1) is 15.4. The third-order valence-corrected chi connectivity index (χ3v) is 6.63. The van der Waals surface area contributed by atoms with Crippen molar-refractivity contribution >= 4 is 32.3 Å². The summed E-state index contributed by atoms with van der Waals surface area (Å²) in [5, 5.41) is 14.3. The predicted octanol–water partition coefficient (Wildman–Crippen LogP) is 0.00148. The zero-order valence-electron chi connectivity index (χ0n) is 12.1. The number of thiophene rings is 1. The monoisotopic (exact) mass is 340 g/mol. The van der Waals surface area contributed by atoms with E-state index in [0.29, 0.717) is 10.6 Å². The Morgan fingerprint density at radius 1 is 1.45 bits per heavy atom. The van der Waals surface area contributed by atoms with Gasteiger partial charge in [-0.3, -0.25) is 4.79 Å². The molecule has 1 aromatic rings. The Kier molecular flexibility index (Phi) is 3.72. The summed E-state index contributed by atoms with van der Waals surface area (Å²) in [6.07, 6.45) is 0.651. The lowest BCUT2D eigenvalue weighted by Gasteiger charge is -2.21. The van der Waals surface area contributed by atoms with Gasteiger partial charge in [-0.05, 0) is 19.0 Å². The molecule has 0 bridgehead atoms. The van der Waals surface area contributed by atoms with Crippen LogP contribution in [0.1, 0.15) is 22.4 Å². The molecule has 1 unspecified atom stereocenters. The fraction of sp³-hybridized carbons (Fsp3) is 0.538. The van der Waals surface area contributed by atoms with Crippen molar-refractivity contribution < 1.29 is 13.2 Å². The Morgan fingerprint density at radius 2 is 2.18 bits per heavy atom. The molecule has 1 fully saturated rings. The molecule has 22 heavy (non-hydrogen) atoms. The summed E-state index contributed by atoms with van der Waals surface area (Å²) in [6.45, 7) is 1.64. The first-order valence-corrected chi connectivity index (χ1v) is 9.29. The first-order chi connectivity index (χ1) is 10.3. The third-order valence-electron chi connectivity index (χ3n) is 4.14. The summed E-state index contributed by atoms with van der Waals surface area (Å²) in [5.74, 6) is -0.289. The highest BCUT2D eigenvalue weighted by atomic mass is 32.2. The largest absolute Gasteiger partial charge is 0.301 e. The fourth-order valence-corrected chi connectivity index (χ4v) is 5.05. The topological polar surface area (TPSA) is 108 Å². The van der Waals surface area contributed by atoms with Gasteiger partial charge >= 0.3 is 0 Å². The average molecular weight is 340 g/mol. The van der Waals surface area contributed by atoms with Gasteiger partial charge in [-0.25, -0.2) is 13.6 Å². The lowest BCUT2D eigenvalue weighted by Crippen LogP contribution is -2.32. The van der Waals surface area contributed by atoms with E-state index in [1.54, 1.807) is 0 Å². The van der Waals surface area contributed by atoms with Crippen LogP contribution in [0.2, 0.25) is 0 Å². The molecule has 0 radical (unpaired) electrons. The number of nitrogens with zero attached hydrogens (tertiary/aromatic N) is 3. The van der Waals surface area contributed by atoms with Crippen molar-refractivity contribution in [1.82, 2.24) is 4.90 Å². The van der Waals surface area contributed by atoms with Gasteiger partial charge in [-0.15, -0.1) is 11.3 Å². The minimum atomic E-state index is -3.76. The summed E-state index contributed by atoms with van der Waals surface area (Å²) in [7, 11) is -1.75. The van der Waals surface area contributed by atoms with Crippen molar-refractivity contribution in [2.75, 3.05) is 25.0 Å². The molecule has 2 N–H and O–H groups in total. The van der Waals surface area contributed by atoms with Crippen molar-refractivity contribution in [3.63, 3.8) is 0 Å². The first-order valence-electron chi connectivity index (χ1n) is 6.86. The van der Waals surface area contributed by atoms with E-state index < -0.39 is 15.3 Å². The van der Waals surface area contributed by atoms with Crippen molar-refractivity contribution in [3.05, 3.63) is 16.0 Å². The highest BCUT2D eigenvalue weighted by Crippen LogP contribution is 2.40. The minimum Gasteiger partial charge on any atom is -0.301 e. The second-order valence-electron chi connectivity index (χ2n) is 5.70. The number of fused-ring (bicyclic) bond motifs is 1. The number of amides is 1. The zero-order chi connectivity index (χ0) is 16.1. The van der Waals surface area contributed by atoms with Crippen LogP contribution in [-0.2, 0) is 27.8 Å². The van der Waals surface area contributed by atoms with Gasteiger partial charge in [-0.1, -0.05) is 0 Å². The van der Waals surface area contributed by atoms with Crippen LogP contribution in [0, 0.1) is 11.3 Å². The van der Waals surface area contributed by atoms with Gasteiger partial charge in [0.25, 0.3) is 0 Å². The molecule has 7 nitrogen and oxygen atoms in total. The minimum absolute atomic E-state index is 0.0293. The third kappa shape index (κ3) is 2.52. The van der Waals surface area contributed by atoms with E-state index in [1.807, 2.05) is 7.05 Å². The molecule has 2 aliphatic rings. The molecule has 0 spiro atoms.